The Kier molecular flexibility index (Phi) is 5.80. The van der Waals surface area contributed by atoms with E-state index in [4.69, 9.17) is 16.4 Å². The molecule has 0 fully saturated rings. The average Bonchev–Trinajstić information content (AvgIpc) is 2.49. The van der Waals surface area contributed by atoms with Crippen LogP contribution in [0.25, 0.3) is 0 Å². The van der Waals surface area contributed by atoms with E-state index in [9.17, 15) is 26.3 Å². The van der Waals surface area contributed by atoms with Crippen molar-refractivity contribution in [1.82, 2.24) is 20.4 Å². The van der Waals surface area contributed by atoms with Crippen molar-refractivity contribution < 1.29 is 35.9 Å². The summed E-state index contributed by atoms with van der Waals surface area (Å²) in [5.74, 6) is 0. The van der Waals surface area contributed by atoms with Crippen LogP contribution in [0.3, 0.4) is 0 Å². The lowest BCUT2D eigenvalue weighted by atomic mass is 10.1. The molecule has 0 unspecified atom stereocenters. The Labute approximate surface area is 142 Å². The monoisotopic (exact) mass is 392 g/mol. The Balaban J connectivity index is 2.13. The van der Waals surface area contributed by atoms with Crippen LogP contribution >= 0.6 is 11.6 Å². The predicted octanol–water partition coefficient (Wildman–Crippen LogP) is 3.74. The summed E-state index contributed by atoms with van der Waals surface area (Å²) in [5, 5.41) is -0.692. The van der Waals surface area contributed by atoms with Crippen LogP contribution in [0.2, 0.25) is 5.28 Å². The number of allylic oxidation sites excluding steroid dienone is 2. The van der Waals surface area contributed by atoms with Gasteiger partial charge in [-0.05, 0) is 37.3 Å². The first-order valence-electron chi connectivity index (χ1n) is 6.89. The number of hydroxylamine groups is 1. The summed E-state index contributed by atoms with van der Waals surface area (Å²) in [7, 11) is 0. The van der Waals surface area contributed by atoms with Gasteiger partial charge in [0.05, 0.1) is 0 Å². The summed E-state index contributed by atoms with van der Waals surface area (Å²) in [6.07, 6.45) is -10.4. The molecule has 0 saturated carbocycles. The van der Waals surface area contributed by atoms with Crippen LogP contribution in [0.1, 0.15) is 25.7 Å². The molecule has 0 aromatic carbocycles. The van der Waals surface area contributed by atoms with E-state index in [1.807, 2.05) is 6.08 Å². The number of ether oxygens (including phenoxy) is 1. The molecule has 0 spiro atoms. The fourth-order valence-electron chi connectivity index (χ4n) is 1.88. The van der Waals surface area contributed by atoms with E-state index >= 15 is 0 Å². The lowest BCUT2D eigenvalue weighted by Crippen LogP contribution is -2.46. The maximum atomic E-state index is 12.5. The highest BCUT2D eigenvalue weighted by atomic mass is 35.5. The molecule has 1 aliphatic carbocycles. The smallest absolute Gasteiger partial charge is 0.434 e. The Morgan fingerprint density at radius 1 is 1.00 bits per heavy atom. The SMILES string of the molecule is FC(F)(F)C(Oc1nc(Cl)nc(ONC2=CCCCC2)n1)C(F)(F)F. The van der Waals surface area contributed by atoms with Gasteiger partial charge in [-0.2, -0.15) is 36.3 Å². The largest absolute Gasteiger partial charge is 0.440 e. The third kappa shape index (κ3) is 5.80. The van der Waals surface area contributed by atoms with E-state index in [2.05, 4.69) is 25.2 Å². The second-order valence-electron chi connectivity index (χ2n) is 4.93. The minimum atomic E-state index is -5.72. The lowest BCUT2D eigenvalue weighted by Gasteiger charge is -2.22. The van der Waals surface area contributed by atoms with Crippen LogP contribution in [0, 0.1) is 0 Å². The number of alkyl halides is 6. The number of hydrogen-bond acceptors (Lipinski definition) is 6. The molecule has 0 aliphatic heterocycles. The molecule has 0 bridgehead atoms. The van der Waals surface area contributed by atoms with Gasteiger partial charge in [0, 0.05) is 5.70 Å². The quantitative estimate of drug-likeness (QED) is 0.608. The van der Waals surface area contributed by atoms with Crippen molar-refractivity contribution in [3.05, 3.63) is 17.1 Å². The van der Waals surface area contributed by atoms with Crippen LogP contribution in [0.15, 0.2) is 11.8 Å². The highest BCUT2D eigenvalue weighted by molar-refractivity contribution is 6.28. The predicted molar refractivity (Wildman–Crippen MR) is 71.7 cm³/mol. The molecular formula is C12H11ClF6N4O2. The Morgan fingerprint density at radius 3 is 2.20 bits per heavy atom. The van der Waals surface area contributed by atoms with E-state index in [0.717, 1.165) is 19.3 Å². The molecule has 6 nitrogen and oxygen atoms in total. The second-order valence-corrected chi connectivity index (χ2v) is 5.27. The third-order valence-corrected chi connectivity index (χ3v) is 3.12. The van der Waals surface area contributed by atoms with Crippen LogP contribution < -0.4 is 15.1 Å². The average molecular weight is 393 g/mol. The zero-order valence-corrected chi connectivity index (χ0v) is 13.0. The fraction of sp³-hybridized carbons (Fsp3) is 0.583. The maximum absolute atomic E-state index is 12.5. The summed E-state index contributed by atoms with van der Waals surface area (Å²) in [4.78, 5) is 14.7. The van der Waals surface area contributed by atoms with Crippen molar-refractivity contribution in [1.29, 1.82) is 0 Å². The highest BCUT2D eigenvalue weighted by Gasteiger charge is 2.59. The van der Waals surface area contributed by atoms with Crippen molar-refractivity contribution in [3.8, 4) is 12.0 Å². The summed E-state index contributed by atoms with van der Waals surface area (Å²) in [6.45, 7) is 0. The molecule has 1 heterocycles. The van der Waals surface area contributed by atoms with Crippen LogP contribution in [-0.4, -0.2) is 33.4 Å². The Bertz CT molecular complexity index is 623. The summed E-state index contributed by atoms with van der Waals surface area (Å²) < 4.78 is 78.8. The number of rotatable bonds is 5. The molecule has 1 aliphatic rings. The zero-order valence-electron chi connectivity index (χ0n) is 12.3. The van der Waals surface area contributed by atoms with E-state index in [1.165, 1.54) is 0 Å². The summed E-state index contributed by atoms with van der Waals surface area (Å²) in [5.41, 5.74) is 3.13. The number of nitrogens with zero attached hydrogens (tertiary/aromatic N) is 3. The van der Waals surface area contributed by atoms with Gasteiger partial charge in [-0.3, -0.25) is 0 Å². The van der Waals surface area contributed by atoms with E-state index < -0.39 is 35.8 Å². The second kappa shape index (κ2) is 7.50. The summed E-state index contributed by atoms with van der Waals surface area (Å²) >= 11 is 5.46. The van der Waals surface area contributed by atoms with Gasteiger partial charge >= 0.3 is 24.4 Å². The normalized spacial score (nSPS) is 15.8. The minimum Gasteiger partial charge on any atom is -0.440 e. The van der Waals surface area contributed by atoms with Gasteiger partial charge in [0.1, 0.15) is 0 Å². The molecule has 0 atom stereocenters. The van der Waals surface area contributed by atoms with Crippen molar-refractivity contribution >= 4 is 11.6 Å². The van der Waals surface area contributed by atoms with Crippen molar-refractivity contribution in [2.75, 3.05) is 0 Å². The van der Waals surface area contributed by atoms with Crippen molar-refractivity contribution in [2.24, 2.45) is 0 Å². The maximum Gasteiger partial charge on any atom is 0.434 e. The van der Waals surface area contributed by atoms with Crippen LogP contribution in [-0.2, 0) is 0 Å². The molecule has 1 aromatic heterocycles. The number of nitrogens with one attached hydrogen (secondary N) is 1. The summed E-state index contributed by atoms with van der Waals surface area (Å²) in [6, 6.07) is -1.90. The Morgan fingerprint density at radius 2 is 1.64 bits per heavy atom. The standard InChI is InChI=1S/C12H11ClF6N4O2/c13-8-20-9(24-7(11(14,15)16)12(17,18)19)22-10(21-8)25-23-6-4-2-1-3-5-6/h4,7,23H,1-3,5H2. The molecule has 0 amide bonds. The van der Waals surface area contributed by atoms with E-state index in [0.29, 0.717) is 12.1 Å². The van der Waals surface area contributed by atoms with Crippen molar-refractivity contribution in [2.45, 2.75) is 44.1 Å². The van der Waals surface area contributed by atoms with E-state index in [-0.39, 0.29) is 0 Å². The lowest BCUT2D eigenvalue weighted by molar-refractivity contribution is -0.301. The van der Waals surface area contributed by atoms with Gasteiger partial charge in [0.25, 0.3) is 6.10 Å². The van der Waals surface area contributed by atoms with E-state index in [1.54, 1.807) is 0 Å². The molecule has 0 saturated heterocycles. The molecule has 13 heteroatoms. The first-order chi connectivity index (χ1) is 11.6. The number of hydrogen-bond donors (Lipinski definition) is 1. The minimum absolute atomic E-state index is 0.635. The van der Waals surface area contributed by atoms with Crippen LogP contribution in [0.4, 0.5) is 26.3 Å². The van der Waals surface area contributed by atoms with Crippen LogP contribution in [0.5, 0.6) is 12.0 Å². The Hall–Kier alpha value is -1.98. The fourth-order valence-corrected chi connectivity index (χ4v) is 2.02. The first-order valence-corrected chi connectivity index (χ1v) is 7.27. The van der Waals surface area contributed by atoms with Gasteiger partial charge in [0.2, 0.25) is 5.28 Å². The molecule has 25 heavy (non-hydrogen) atoms. The van der Waals surface area contributed by atoms with Gasteiger partial charge in [-0.25, -0.2) is 5.48 Å². The third-order valence-electron chi connectivity index (χ3n) is 2.95. The highest BCUT2D eigenvalue weighted by Crippen LogP contribution is 2.36. The molecular weight excluding hydrogens is 382 g/mol. The first kappa shape index (κ1) is 19.3. The number of halogens is 7. The molecule has 0 radical (unpaired) electrons. The van der Waals surface area contributed by atoms with Gasteiger partial charge < -0.3 is 9.57 Å². The number of aromatic nitrogens is 3. The zero-order chi connectivity index (χ0) is 18.7. The van der Waals surface area contributed by atoms with Gasteiger partial charge in [-0.15, -0.1) is 4.98 Å². The van der Waals surface area contributed by atoms with Gasteiger partial charge in [-0.1, -0.05) is 6.08 Å². The molecule has 1 aromatic rings. The topological polar surface area (TPSA) is 69.2 Å². The molecule has 140 valence electrons. The van der Waals surface area contributed by atoms with Gasteiger partial charge in [0.15, 0.2) is 0 Å². The van der Waals surface area contributed by atoms with Crippen molar-refractivity contribution in [3.63, 3.8) is 0 Å². The molecule has 1 N–H and O–H groups in total. The molecule has 2 rings (SSSR count).